The standard InChI is InChI=1S/C20H25N3O3.HI/c1-3-25-19-12-14(8-9-18(19)24-2)13-22-20(21)23-16-10-11-26-17-7-5-4-6-15(16)17;/h4-9,12,16H,3,10-11,13H2,1-2H3,(H3,21,22,23);1H. The van der Waals surface area contributed by atoms with Gasteiger partial charge in [-0.1, -0.05) is 24.3 Å². The van der Waals surface area contributed by atoms with Crippen LogP contribution < -0.4 is 25.3 Å². The van der Waals surface area contributed by atoms with Crippen molar-refractivity contribution in [3.8, 4) is 17.2 Å². The van der Waals surface area contributed by atoms with Crippen LogP contribution in [0.25, 0.3) is 0 Å². The number of halogens is 1. The van der Waals surface area contributed by atoms with E-state index in [9.17, 15) is 0 Å². The first-order chi connectivity index (χ1) is 12.7. The zero-order valence-corrected chi connectivity index (χ0v) is 17.9. The maximum Gasteiger partial charge on any atom is 0.189 e. The van der Waals surface area contributed by atoms with Crippen LogP contribution in [0.4, 0.5) is 0 Å². The third-order valence-corrected chi connectivity index (χ3v) is 4.24. The number of hydrogen-bond donors (Lipinski definition) is 2. The summed E-state index contributed by atoms with van der Waals surface area (Å²) in [5.74, 6) is 2.75. The van der Waals surface area contributed by atoms with E-state index in [2.05, 4.69) is 16.4 Å². The van der Waals surface area contributed by atoms with Gasteiger partial charge in [-0.2, -0.15) is 0 Å². The lowest BCUT2D eigenvalue weighted by Crippen LogP contribution is -2.37. The molecule has 2 aromatic carbocycles. The fourth-order valence-electron chi connectivity index (χ4n) is 2.98. The monoisotopic (exact) mass is 483 g/mol. The van der Waals surface area contributed by atoms with Crippen molar-refractivity contribution in [2.75, 3.05) is 20.3 Å². The minimum absolute atomic E-state index is 0. The fourth-order valence-corrected chi connectivity index (χ4v) is 2.98. The number of nitrogens with zero attached hydrogens (tertiary/aromatic N) is 1. The maximum absolute atomic E-state index is 6.10. The molecule has 27 heavy (non-hydrogen) atoms. The summed E-state index contributed by atoms with van der Waals surface area (Å²) in [4.78, 5) is 4.46. The second kappa shape index (κ2) is 10.2. The molecule has 0 saturated carbocycles. The average Bonchev–Trinajstić information content (AvgIpc) is 2.67. The molecule has 0 radical (unpaired) electrons. The number of fused-ring (bicyclic) bond motifs is 1. The number of para-hydroxylation sites is 1. The number of rotatable bonds is 6. The van der Waals surface area contributed by atoms with E-state index in [0.29, 0.717) is 37.2 Å². The molecule has 0 spiro atoms. The molecule has 0 amide bonds. The number of ether oxygens (including phenoxy) is 3. The minimum Gasteiger partial charge on any atom is -0.493 e. The number of guanidine groups is 1. The summed E-state index contributed by atoms with van der Waals surface area (Å²) in [5, 5.41) is 3.30. The number of nitrogens with one attached hydrogen (secondary N) is 1. The van der Waals surface area contributed by atoms with Gasteiger partial charge in [0.2, 0.25) is 0 Å². The summed E-state index contributed by atoms with van der Waals surface area (Å²) in [7, 11) is 1.63. The van der Waals surface area contributed by atoms with E-state index in [0.717, 1.165) is 23.3 Å². The second-order valence-corrected chi connectivity index (χ2v) is 5.99. The Morgan fingerprint density at radius 3 is 2.85 bits per heavy atom. The molecule has 0 aliphatic carbocycles. The van der Waals surface area contributed by atoms with Gasteiger partial charge in [-0.15, -0.1) is 24.0 Å². The van der Waals surface area contributed by atoms with Crippen molar-refractivity contribution in [3.05, 3.63) is 53.6 Å². The van der Waals surface area contributed by atoms with Crippen LogP contribution >= 0.6 is 24.0 Å². The van der Waals surface area contributed by atoms with Crippen molar-refractivity contribution in [2.45, 2.75) is 25.9 Å². The SMILES string of the molecule is CCOc1cc(CN=C(N)NC2CCOc3ccccc32)ccc1OC.I. The van der Waals surface area contributed by atoms with Crippen molar-refractivity contribution < 1.29 is 14.2 Å². The normalized spacial score (nSPS) is 15.8. The molecule has 6 nitrogen and oxygen atoms in total. The van der Waals surface area contributed by atoms with Crippen molar-refractivity contribution in [1.29, 1.82) is 0 Å². The zero-order chi connectivity index (χ0) is 18.4. The van der Waals surface area contributed by atoms with Gasteiger partial charge in [-0.25, -0.2) is 4.99 Å². The van der Waals surface area contributed by atoms with Crippen LogP contribution in [0.1, 0.15) is 30.5 Å². The van der Waals surface area contributed by atoms with E-state index >= 15 is 0 Å². The van der Waals surface area contributed by atoms with Crippen LogP contribution in [0.2, 0.25) is 0 Å². The molecule has 1 aliphatic rings. The van der Waals surface area contributed by atoms with E-state index in [1.54, 1.807) is 7.11 Å². The molecule has 0 saturated heterocycles. The van der Waals surface area contributed by atoms with Gasteiger partial charge in [-0.05, 0) is 30.7 Å². The Morgan fingerprint density at radius 2 is 2.07 bits per heavy atom. The molecule has 0 aromatic heterocycles. The van der Waals surface area contributed by atoms with E-state index < -0.39 is 0 Å². The van der Waals surface area contributed by atoms with Crippen molar-refractivity contribution >= 4 is 29.9 Å². The van der Waals surface area contributed by atoms with E-state index in [4.69, 9.17) is 19.9 Å². The van der Waals surface area contributed by atoms with Crippen molar-refractivity contribution in [2.24, 2.45) is 10.7 Å². The Bertz CT molecular complexity index is 783. The number of aliphatic imine (C=N–C) groups is 1. The summed E-state index contributed by atoms with van der Waals surface area (Å²) in [6.07, 6.45) is 0.851. The Kier molecular flexibility index (Phi) is 8.02. The number of nitrogens with two attached hydrogens (primary N) is 1. The Hall–Kier alpha value is -2.16. The Labute approximate surface area is 177 Å². The lowest BCUT2D eigenvalue weighted by molar-refractivity contribution is 0.262. The molecule has 1 aliphatic heterocycles. The predicted molar refractivity (Wildman–Crippen MR) is 117 cm³/mol. The molecule has 2 aromatic rings. The third-order valence-electron chi connectivity index (χ3n) is 4.24. The highest BCUT2D eigenvalue weighted by molar-refractivity contribution is 14.0. The van der Waals surface area contributed by atoms with Gasteiger partial charge >= 0.3 is 0 Å². The summed E-state index contributed by atoms with van der Waals surface area (Å²) in [5.41, 5.74) is 8.22. The van der Waals surface area contributed by atoms with Gasteiger partial charge < -0.3 is 25.3 Å². The highest BCUT2D eigenvalue weighted by atomic mass is 127. The first-order valence-electron chi connectivity index (χ1n) is 8.79. The van der Waals surface area contributed by atoms with Gasteiger partial charge in [0.15, 0.2) is 17.5 Å². The summed E-state index contributed by atoms with van der Waals surface area (Å²) in [6.45, 7) is 3.65. The van der Waals surface area contributed by atoms with E-state index in [-0.39, 0.29) is 30.0 Å². The minimum atomic E-state index is 0. The van der Waals surface area contributed by atoms with E-state index in [1.807, 2.05) is 43.3 Å². The predicted octanol–water partition coefficient (Wildman–Crippen LogP) is 3.64. The molecule has 0 fully saturated rings. The molecule has 146 valence electrons. The summed E-state index contributed by atoms with van der Waals surface area (Å²) in [6, 6.07) is 13.9. The highest BCUT2D eigenvalue weighted by Crippen LogP contribution is 2.31. The largest absolute Gasteiger partial charge is 0.493 e. The molecule has 1 unspecified atom stereocenters. The number of benzene rings is 2. The van der Waals surface area contributed by atoms with Gasteiger partial charge in [0.25, 0.3) is 0 Å². The molecule has 7 heteroatoms. The number of methoxy groups -OCH3 is 1. The van der Waals surface area contributed by atoms with Crippen LogP contribution in [-0.2, 0) is 6.54 Å². The fraction of sp³-hybridized carbons (Fsp3) is 0.350. The van der Waals surface area contributed by atoms with Crippen LogP contribution in [0.5, 0.6) is 17.2 Å². The number of hydrogen-bond acceptors (Lipinski definition) is 4. The van der Waals surface area contributed by atoms with Gasteiger partial charge in [0.1, 0.15) is 5.75 Å². The zero-order valence-electron chi connectivity index (χ0n) is 15.6. The topological polar surface area (TPSA) is 78.1 Å². The first-order valence-corrected chi connectivity index (χ1v) is 8.79. The maximum atomic E-state index is 6.10. The quantitative estimate of drug-likeness (QED) is 0.373. The smallest absolute Gasteiger partial charge is 0.189 e. The summed E-state index contributed by atoms with van der Waals surface area (Å²) < 4.78 is 16.6. The molecule has 1 atom stereocenters. The van der Waals surface area contributed by atoms with Gasteiger partial charge in [0.05, 0.1) is 32.9 Å². The van der Waals surface area contributed by atoms with E-state index in [1.165, 1.54) is 0 Å². The molecular formula is C20H26IN3O3. The molecule has 1 heterocycles. The second-order valence-electron chi connectivity index (χ2n) is 5.99. The lowest BCUT2D eigenvalue weighted by Gasteiger charge is -2.26. The van der Waals surface area contributed by atoms with Crippen LogP contribution in [0.3, 0.4) is 0 Å². The average molecular weight is 483 g/mol. The van der Waals surface area contributed by atoms with Crippen molar-refractivity contribution in [3.63, 3.8) is 0 Å². The highest BCUT2D eigenvalue weighted by Gasteiger charge is 2.21. The Morgan fingerprint density at radius 1 is 1.26 bits per heavy atom. The van der Waals surface area contributed by atoms with Gasteiger partial charge in [0, 0.05) is 12.0 Å². The third kappa shape index (κ3) is 5.41. The van der Waals surface area contributed by atoms with Gasteiger partial charge in [-0.3, -0.25) is 0 Å². The van der Waals surface area contributed by atoms with Crippen LogP contribution in [0, 0.1) is 0 Å². The lowest BCUT2D eigenvalue weighted by atomic mass is 10.0. The molecular weight excluding hydrogens is 457 g/mol. The van der Waals surface area contributed by atoms with Crippen molar-refractivity contribution in [1.82, 2.24) is 5.32 Å². The van der Waals surface area contributed by atoms with Crippen LogP contribution in [0.15, 0.2) is 47.5 Å². The first kappa shape index (κ1) is 21.1. The van der Waals surface area contributed by atoms with Crippen LogP contribution in [-0.4, -0.2) is 26.3 Å². The summed E-state index contributed by atoms with van der Waals surface area (Å²) >= 11 is 0. The molecule has 3 N–H and O–H groups in total. The Balaban J connectivity index is 0.00000261. The molecule has 3 rings (SSSR count). The molecule has 0 bridgehead atoms.